The van der Waals surface area contributed by atoms with Gasteiger partial charge in [-0.25, -0.2) is 0 Å². The van der Waals surface area contributed by atoms with Crippen LogP contribution in [0.25, 0.3) is 10.9 Å². The molecule has 1 aliphatic carbocycles. The molecule has 1 unspecified atom stereocenters. The third kappa shape index (κ3) is 1.47. The van der Waals surface area contributed by atoms with Gasteiger partial charge >= 0.3 is 5.97 Å². The molecule has 0 radical (unpaired) electrons. The number of carboxylic acid groups (broad SMARTS) is 1. The number of aromatic nitrogens is 1. The molecule has 18 heavy (non-hydrogen) atoms. The first-order valence-corrected chi connectivity index (χ1v) is 6.44. The highest BCUT2D eigenvalue weighted by atomic mass is 35.5. The lowest BCUT2D eigenvalue weighted by Crippen LogP contribution is -2.36. The van der Waals surface area contributed by atoms with E-state index < -0.39 is 11.4 Å². The molecule has 1 aliphatic rings. The minimum absolute atomic E-state index is 0.665. The number of nitrogens with one attached hydrogen (secondary N) is 1. The highest BCUT2D eigenvalue weighted by molar-refractivity contribution is 6.31. The molecule has 3 rings (SSSR count). The first kappa shape index (κ1) is 11.6. The van der Waals surface area contributed by atoms with Crippen molar-refractivity contribution in [2.24, 2.45) is 0 Å². The Morgan fingerprint density at radius 1 is 1.50 bits per heavy atom. The van der Waals surface area contributed by atoms with Crippen LogP contribution < -0.4 is 0 Å². The highest BCUT2D eigenvalue weighted by Gasteiger charge is 2.41. The number of hydrogen-bond acceptors (Lipinski definition) is 1. The Hall–Kier alpha value is -1.48. The number of aliphatic carboxylic acids is 1. The first-order chi connectivity index (χ1) is 8.52. The first-order valence-electron chi connectivity index (χ1n) is 6.06. The largest absolute Gasteiger partial charge is 0.481 e. The summed E-state index contributed by atoms with van der Waals surface area (Å²) in [5.41, 5.74) is 2.11. The Balaban J connectivity index is 2.31. The van der Waals surface area contributed by atoms with Crippen LogP contribution >= 0.6 is 11.6 Å². The van der Waals surface area contributed by atoms with Gasteiger partial charge < -0.3 is 10.1 Å². The van der Waals surface area contributed by atoms with Gasteiger partial charge in [-0.3, -0.25) is 4.79 Å². The summed E-state index contributed by atoms with van der Waals surface area (Å²) in [6.07, 6.45) is 2.51. The van der Waals surface area contributed by atoms with E-state index in [2.05, 4.69) is 4.98 Å². The van der Waals surface area contributed by atoms with Gasteiger partial charge in [0.15, 0.2) is 0 Å². The average molecular weight is 264 g/mol. The van der Waals surface area contributed by atoms with E-state index in [0.29, 0.717) is 11.4 Å². The molecule has 1 atom stereocenters. The number of hydrogen-bond donors (Lipinski definition) is 2. The molecule has 1 aromatic heterocycles. The van der Waals surface area contributed by atoms with Crippen LogP contribution in [-0.2, 0) is 16.6 Å². The lowest BCUT2D eigenvalue weighted by atomic mass is 9.75. The number of aryl methyl sites for hydroxylation is 1. The van der Waals surface area contributed by atoms with Gasteiger partial charge in [0.05, 0.1) is 0 Å². The Kier molecular flexibility index (Phi) is 2.42. The lowest BCUT2D eigenvalue weighted by molar-refractivity contribution is -0.143. The van der Waals surface area contributed by atoms with Crippen molar-refractivity contribution in [3.63, 3.8) is 0 Å². The van der Waals surface area contributed by atoms with Crippen molar-refractivity contribution in [1.82, 2.24) is 4.98 Å². The number of fused-ring (bicyclic) bond motifs is 3. The summed E-state index contributed by atoms with van der Waals surface area (Å²) in [4.78, 5) is 14.8. The molecule has 0 aliphatic heterocycles. The van der Waals surface area contributed by atoms with Crippen LogP contribution in [0.2, 0.25) is 5.02 Å². The molecule has 2 aromatic rings. The van der Waals surface area contributed by atoms with Crippen molar-refractivity contribution < 1.29 is 9.90 Å². The highest BCUT2D eigenvalue weighted by Crippen LogP contribution is 2.40. The van der Waals surface area contributed by atoms with Gasteiger partial charge in [0.25, 0.3) is 0 Å². The standard InChI is InChI=1S/C14H14ClNO2/c1-14(13(17)18)6-2-3-10-9-5-4-8(15)7-11(9)16-12(10)14/h4-5,7,16H,2-3,6H2,1H3,(H,17,18). The third-order valence-electron chi connectivity index (χ3n) is 4.00. The molecular weight excluding hydrogens is 250 g/mol. The molecule has 0 amide bonds. The van der Waals surface area contributed by atoms with E-state index in [9.17, 15) is 9.90 Å². The van der Waals surface area contributed by atoms with Crippen LogP contribution in [0, 0.1) is 0 Å². The van der Waals surface area contributed by atoms with Crippen LogP contribution in [0.15, 0.2) is 18.2 Å². The molecule has 94 valence electrons. The Morgan fingerprint density at radius 2 is 2.28 bits per heavy atom. The number of aromatic amines is 1. The molecule has 0 bridgehead atoms. The fourth-order valence-corrected chi connectivity index (χ4v) is 3.09. The van der Waals surface area contributed by atoms with E-state index >= 15 is 0 Å². The molecule has 0 saturated heterocycles. The normalized spacial score (nSPS) is 23.0. The number of rotatable bonds is 1. The number of halogens is 1. The predicted octanol–water partition coefficient (Wildman–Crippen LogP) is 3.50. The SMILES string of the molecule is CC1(C(=O)O)CCCc2c1[nH]c1cc(Cl)ccc21. The minimum Gasteiger partial charge on any atom is -0.481 e. The second-order valence-corrected chi connectivity index (χ2v) is 5.60. The van der Waals surface area contributed by atoms with Crippen LogP contribution in [0.1, 0.15) is 31.0 Å². The topological polar surface area (TPSA) is 53.1 Å². The molecule has 1 aromatic carbocycles. The molecule has 3 nitrogen and oxygen atoms in total. The van der Waals surface area contributed by atoms with Crippen LogP contribution in [0.4, 0.5) is 0 Å². The fraction of sp³-hybridized carbons (Fsp3) is 0.357. The zero-order chi connectivity index (χ0) is 12.9. The van der Waals surface area contributed by atoms with E-state index in [0.717, 1.165) is 35.0 Å². The van der Waals surface area contributed by atoms with E-state index in [1.165, 1.54) is 0 Å². The summed E-state index contributed by atoms with van der Waals surface area (Å²) in [7, 11) is 0. The average Bonchev–Trinajstić information content (AvgIpc) is 2.68. The van der Waals surface area contributed by atoms with Crippen molar-refractivity contribution in [2.45, 2.75) is 31.6 Å². The second-order valence-electron chi connectivity index (χ2n) is 5.16. The molecule has 0 fully saturated rings. The maximum Gasteiger partial charge on any atom is 0.315 e. The van der Waals surface area contributed by atoms with Crippen molar-refractivity contribution in [2.75, 3.05) is 0 Å². The van der Waals surface area contributed by atoms with Gasteiger partial charge in [0.1, 0.15) is 5.41 Å². The van der Waals surface area contributed by atoms with Gasteiger partial charge in [-0.1, -0.05) is 17.7 Å². The Labute approximate surface area is 110 Å². The summed E-state index contributed by atoms with van der Waals surface area (Å²) in [5.74, 6) is -0.763. The Morgan fingerprint density at radius 3 is 3.00 bits per heavy atom. The third-order valence-corrected chi connectivity index (χ3v) is 4.23. The van der Waals surface area contributed by atoms with Gasteiger partial charge in [-0.05, 0) is 43.9 Å². The quantitative estimate of drug-likeness (QED) is 0.827. The van der Waals surface area contributed by atoms with Crippen molar-refractivity contribution >= 4 is 28.5 Å². The van der Waals surface area contributed by atoms with Crippen LogP contribution in [0.3, 0.4) is 0 Å². The summed E-state index contributed by atoms with van der Waals surface area (Å²) < 4.78 is 0. The van der Waals surface area contributed by atoms with Crippen molar-refractivity contribution in [3.8, 4) is 0 Å². The number of benzene rings is 1. The number of carbonyl (C=O) groups is 1. The van der Waals surface area contributed by atoms with Gasteiger partial charge in [0.2, 0.25) is 0 Å². The molecule has 0 spiro atoms. The maximum atomic E-state index is 11.5. The minimum atomic E-state index is -0.806. The van der Waals surface area contributed by atoms with Gasteiger partial charge in [-0.2, -0.15) is 0 Å². The molecule has 1 heterocycles. The fourth-order valence-electron chi connectivity index (χ4n) is 2.92. The maximum absolute atomic E-state index is 11.5. The molecule has 0 saturated carbocycles. The van der Waals surface area contributed by atoms with Crippen LogP contribution in [0.5, 0.6) is 0 Å². The molecule has 2 N–H and O–H groups in total. The van der Waals surface area contributed by atoms with E-state index in [-0.39, 0.29) is 0 Å². The summed E-state index contributed by atoms with van der Waals surface area (Å²) in [6.45, 7) is 1.80. The van der Waals surface area contributed by atoms with Gasteiger partial charge in [-0.15, -0.1) is 0 Å². The number of H-pyrrole nitrogens is 1. The van der Waals surface area contributed by atoms with E-state index in [1.807, 2.05) is 18.2 Å². The van der Waals surface area contributed by atoms with E-state index in [1.54, 1.807) is 6.92 Å². The predicted molar refractivity (Wildman–Crippen MR) is 71.2 cm³/mol. The van der Waals surface area contributed by atoms with Crippen LogP contribution in [-0.4, -0.2) is 16.1 Å². The molecule has 4 heteroatoms. The smallest absolute Gasteiger partial charge is 0.315 e. The van der Waals surface area contributed by atoms with E-state index in [4.69, 9.17) is 11.6 Å². The summed E-state index contributed by atoms with van der Waals surface area (Å²) in [5, 5.41) is 11.2. The monoisotopic (exact) mass is 263 g/mol. The van der Waals surface area contributed by atoms with Crippen molar-refractivity contribution in [3.05, 3.63) is 34.5 Å². The lowest BCUT2D eigenvalue weighted by Gasteiger charge is -2.29. The Bertz CT molecular complexity index is 647. The zero-order valence-electron chi connectivity index (χ0n) is 10.1. The molecular formula is C14H14ClNO2. The summed E-state index contributed by atoms with van der Waals surface area (Å²) in [6, 6.07) is 5.68. The zero-order valence-corrected chi connectivity index (χ0v) is 10.8. The van der Waals surface area contributed by atoms with Crippen molar-refractivity contribution in [1.29, 1.82) is 0 Å². The second kappa shape index (κ2) is 3.75. The summed E-state index contributed by atoms with van der Waals surface area (Å²) >= 11 is 5.98. The number of carboxylic acids is 1. The van der Waals surface area contributed by atoms with Gasteiger partial charge in [0, 0.05) is 21.6 Å².